The quantitative estimate of drug-likeness (QED) is 0.891. The van der Waals surface area contributed by atoms with Crippen molar-refractivity contribution >= 4 is 17.7 Å². The molecule has 0 saturated carbocycles. The molecule has 1 aliphatic rings. The SMILES string of the molecule is CC1(C)CCCN1C(=O)Nc1cccc(CC(=O)O)c1. The van der Waals surface area contributed by atoms with Crippen LogP contribution in [0.2, 0.25) is 0 Å². The maximum Gasteiger partial charge on any atom is 0.322 e. The van der Waals surface area contributed by atoms with Crippen molar-refractivity contribution in [3.8, 4) is 0 Å². The van der Waals surface area contributed by atoms with Gasteiger partial charge < -0.3 is 15.3 Å². The predicted octanol–water partition coefficient (Wildman–Crippen LogP) is 2.72. The van der Waals surface area contributed by atoms with Gasteiger partial charge in [0.05, 0.1) is 6.42 Å². The molecular weight excluding hydrogens is 256 g/mol. The number of amides is 2. The van der Waals surface area contributed by atoms with Crippen LogP contribution in [0.4, 0.5) is 10.5 Å². The third-order valence-electron chi connectivity index (χ3n) is 3.68. The van der Waals surface area contributed by atoms with Gasteiger partial charge in [0.25, 0.3) is 0 Å². The molecule has 2 N–H and O–H groups in total. The Morgan fingerprint density at radius 2 is 2.15 bits per heavy atom. The number of nitrogens with one attached hydrogen (secondary N) is 1. The minimum Gasteiger partial charge on any atom is -0.481 e. The third-order valence-corrected chi connectivity index (χ3v) is 3.68. The van der Waals surface area contributed by atoms with Crippen LogP contribution in [0.1, 0.15) is 32.3 Å². The largest absolute Gasteiger partial charge is 0.481 e. The van der Waals surface area contributed by atoms with Crippen LogP contribution in [-0.4, -0.2) is 34.1 Å². The first-order chi connectivity index (χ1) is 9.38. The number of carbonyl (C=O) groups excluding carboxylic acids is 1. The molecule has 0 bridgehead atoms. The number of rotatable bonds is 3. The van der Waals surface area contributed by atoms with Gasteiger partial charge in [-0.25, -0.2) is 4.79 Å². The molecular formula is C15H20N2O3. The lowest BCUT2D eigenvalue weighted by atomic mass is 10.0. The first kappa shape index (κ1) is 14.4. The summed E-state index contributed by atoms with van der Waals surface area (Å²) in [7, 11) is 0. The number of carboxylic acids is 1. The topological polar surface area (TPSA) is 69.6 Å². The molecule has 0 aliphatic carbocycles. The predicted molar refractivity (Wildman–Crippen MR) is 76.8 cm³/mol. The molecule has 5 nitrogen and oxygen atoms in total. The number of likely N-dealkylation sites (tertiary alicyclic amines) is 1. The Kier molecular flexibility index (Phi) is 3.97. The van der Waals surface area contributed by atoms with E-state index in [2.05, 4.69) is 19.2 Å². The molecule has 0 unspecified atom stereocenters. The maximum absolute atomic E-state index is 12.3. The molecule has 0 atom stereocenters. The van der Waals surface area contributed by atoms with Gasteiger partial charge in [-0.3, -0.25) is 4.79 Å². The molecule has 1 fully saturated rings. The van der Waals surface area contributed by atoms with E-state index in [-0.39, 0.29) is 18.0 Å². The summed E-state index contributed by atoms with van der Waals surface area (Å²) in [5.74, 6) is -0.880. The van der Waals surface area contributed by atoms with E-state index in [0.29, 0.717) is 11.3 Å². The second-order valence-electron chi connectivity index (χ2n) is 5.77. The summed E-state index contributed by atoms with van der Waals surface area (Å²) < 4.78 is 0. The summed E-state index contributed by atoms with van der Waals surface area (Å²) in [5, 5.41) is 11.6. The Bertz CT molecular complexity index is 526. The zero-order chi connectivity index (χ0) is 14.8. The van der Waals surface area contributed by atoms with E-state index < -0.39 is 5.97 Å². The molecule has 0 radical (unpaired) electrons. The number of carboxylic acid groups (broad SMARTS) is 1. The van der Waals surface area contributed by atoms with Gasteiger partial charge in [-0.05, 0) is 44.4 Å². The van der Waals surface area contributed by atoms with Crippen LogP contribution in [0, 0.1) is 0 Å². The Morgan fingerprint density at radius 1 is 1.40 bits per heavy atom. The van der Waals surface area contributed by atoms with E-state index in [1.165, 1.54) is 0 Å². The van der Waals surface area contributed by atoms with Crippen LogP contribution in [0.3, 0.4) is 0 Å². The van der Waals surface area contributed by atoms with Crippen molar-refractivity contribution in [1.29, 1.82) is 0 Å². The zero-order valence-corrected chi connectivity index (χ0v) is 11.8. The molecule has 108 valence electrons. The first-order valence-corrected chi connectivity index (χ1v) is 6.78. The van der Waals surface area contributed by atoms with Crippen LogP contribution in [-0.2, 0) is 11.2 Å². The molecule has 1 heterocycles. The van der Waals surface area contributed by atoms with Gasteiger partial charge in [0, 0.05) is 17.8 Å². The van der Waals surface area contributed by atoms with E-state index in [0.717, 1.165) is 19.4 Å². The number of aliphatic carboxylic acids is 1. The highest BCUT2D eigenvalue weighted by molar-refractivity contribution is 5.90. The van der Waals surface area contributed by atoms with Crippen molar-refractivity contribution in [3.05, 3.63) is 29.8 Å². The fourth-order valence-electron chi connectivity index (χ4n) is 2.61. The number of carbonyl (C=O) groups is 2. The lowest BCUT2D eigenvalue weighted by Gasteiger charge is -2.31. The van der Waals surface area contributed by atoms with Gasteiger partial charge in [-0.1, -0.05) is 12.1 Å². The Labute approximate surface area is 118 Å². The van der Waals surface area contributed by atoms with Crippen LogP contribution in [0.5, 0.6) is 0 Å². The monoisotopic (exact) mass is 276 g/mol. The number of anilines is 1. The summed E-state index contributed by atoms with van der Waals surface area (Å²) in [6.45, 7) is 4.87. The minimum atomic E-state index is -0.880. The molecule has 0 spiro atoms. The standard InChI is InChI=1S/C15H20N2O3/c1-15(2)7-4-8-17(15)14(20)16-12-6-3-5-11(9-12)10-13(18)19/h3,5-6,9H,4,7-8,10H2,1-2H3,(H,16,20)(H,18,19). The van der Waals surface area contributed by atoms with Gasteiger partial charge in [-0.15, -0.1) is 0 Å². The third kappa shape index (κ3) is 3.29. The smallest absolute Gasteiger partial charge is 0.322 e. The summed E-state index contributed by atoms with van der Waals surface area (Å²) in [6.07, 6.45) is 1.97. The Balaban J connectivity index is 2.06. The number of hydrogen-bond donors (Lipinski definition) is 2. The van der Waals surface area contributed by atoms with Crippen LogP contribution in [0.15, 0.2) is 24.3 Å². The molecule has 2 rings (SSSR count). The average molecular weight is 276 g/mol. The number of nitrogens with zero attached hydrogens (tertiary/aromatic N) is 1. The molecule has 2 amide bonds. The Morgan fingerprint density at radius 3 is 2.75 bits per heavy atom. The van der Waals surface area contributed by atoms with Crippen molar-refractivity contribution in [2.75, 3.05) is 11.9 Å². The summed E-state index contributed by atoms with van der Waals surface area (Å²) in [4.78, 5) is 24.8. The first-order valence-electron chi connectivity index (χ1n) is 6.78. The highest BCUT2D eigenvalue weighted by Gasteiger charge is 2.35. The lowest BCUT2D eigenvalue weighted by Crippen LogP contribution is -2.44. The van der Waals surface area contributed by atoms with Crippen molar-refractivity contribution in [3.63, 3.8) is 0 Å². The zero-order valence-electron chi connectivity index (χ0n) is 11.8. The number of hydrogen-bond acceptors (Lipinski definition) is 2. The van der Waals surface area contributed by atoms with Gasteiger partial charge >= 0.3 is 12.0 Å². The highest BCUT2D eigenvalue weighted by atomic mass is 16.4. The lowest BCUT2D eigenvalue weighted by molar-refractivity contribution is -0.136. The van der Waals surface area contributed by atoms with Crippen LogP contribution in [0.25, 0.3) is 0 Å². The van der Waals surface area contributed by atoms with E-state index in [1.807, 2.05) is 4.90 Å². The summed E-state index contributed by atoms with van der Waals surface area (Å²) >= 11 is 0. The van der Waals surface area contributed by atoms with Crippen molar-refractivity contribution < 1.29 is 14.7 Å². The molecule has 1 aromatic rings. The number of benzene rings is 1. The maximum atomic E-state index is 12.3. The molecule has 5 heteroatoms. The average Bonchev–Trinajstić information content (AvgIpc) is 2.68. The van der Waals surface area contributed by atoms with Crippen LogP contribution < -0.4 is 5.32 Å². The normalized spacial score (nSPS) is 17.0. The van der Waals surface area contributed by atoms with Gasteiger partial charge in [0.1, 0.15) is 0 Å². The summed E-state index contributed by atoms with van der Waals surface area (Å²) in [5.41, 5.74) is 1.19. The second-order valence-corrected chi connectivity index (χ2v) is 5.77. The minimum absolute atomic E-state index is 0.0427. The molecule has 1 aromatic carbocycles. The van der Waals surface area contributed by atoms with Gasteiger partial charge in [0.2, 0.25) is 0 Å². The second kappa shape index (κ2) is 5.53. The summed E-state index contributed by atoms with van der Waals surface area (Å²) in [6, 6.07) is 6.84. The van der Waals surface area contributed by atoms with E-state index >= 15 is 0 Å². The van der Waals surface area contributed by atoms with Crippen molar-refractivity contribution in [1.82, 2.24) is 4.90 Å². The van der Waals surface area contributed by atoms with Crippen molar-refractivity contribution in [2.24, 2.45) is 0 Å². The van der Waals surface area contributed by atoms with E-state index in [4.69, 9.17) is 5.11 Å². The molecule has 1 aliphatic heterocycles. The Hall–Kier alpha value is -2.04. The van der Waals surface area contributed by atoms with E-state index in [9.17, 15) is 9.59 Å². The fourth-order valence-corrected chi connectivity index (χ4v) is 2.61. The molecule has 0 aromatic heterocycles. The van der Waals surface area contributed by atoms with Gasteiger partial charge in [-0.2, -0.15) is 0 Å². The molecule has 1 saturated heterocycles. The molecule has 20 heavy (non-hydrogen) atoms. The van der Waals surface area contributed by atoms with Gasteiger partial charge in [0.15, 0.2) is 0 Å². The highest BCUT2D eigenvalue weighted by Crippen LogP contribution is 2.28. The van der Waals surface area contributed by atoms with Crippen molar-refractivity contribution in [2.45, 2.75) is 38.6 Å². The van der Waals surface area contributed by atoms with Crippen LogP contribution >= 0.6 is 0 Å². The van der Waals surface area contributed by atoms with E-state index in [1.54, 1.807) is 24.3 Å². The fraction of sp³-hybridized carbons (Fsp3) is 0.467. The number of urea groups is 1.